The van der Waals surface area contributed by atoms with Gasteiger partial charge in [0.05, 0.1) is 29.7 Å². The highest BCUT2D eigenvalue weighted by Crippen LogP contribution is 2.35. The first-order valence-electron chi connectivity index (χ1n) is 11.9. The Morgan fingerprint density at radius 1 is 1.11 bits per heavy atom. The lowest BCUT2D eigenvalue weighted by atomic mass is 9.79. The monoisotopic (exact) mass is 520 g/mol. The number of fused-ring (bicyclic) bond motifs is 1. The number of aromatic nitrogens is 1. The van der Waals surface area contributed by atoms with Crippen molar-refractivity contribution < 1.29 is 27.5 Å². The third-order valence-electron chi connectivity index (χ3n) is 7.07. The van der Waals surface area contributed by atoms with Gasteiger partial charge in [0.15, 0.2) is 0 Å². The summed E-state index contributed by atoms with van der Waals surface area (Å²) in [7, 11) is 1.37. The fraction of sp³-hybridized carbons (Fsp3) is 0.407. The van der Waals surface area contributed by atoms with Crippen LogP contribution in [0.3, 0.4) is 0 Å². The van der Waals surface area contributed by atoms with Crippen LogP contribution < -0.4 is 5.32 Å². The lowest BCUT2D eigenvalue weighted by Gasteiger charge is -2.31. The van der Waals surface area contributed by atoms with Gasteiger partial charge >= 0.3 is 12.1 Å². The average Bonchev–Trinajstić information content (AvgIpc) is 3.26. The molecule has 1 aromatic heterocycles. The number of benzene rings is 2. The Balaban J connectivity index is 1.60. The van der Waals surface area contributed by atoms with Gasteiger partial charge in [-0.3, -0.25) is 9.59 Å². The third kappa shape index (κ3) is 5.69. The molecule has 4 rings (SSSR count). The van der Waals surface area contributed by atoms with Crippen molar-refractivity contribution in [3.05, 3.63) is 70.4 Å². The summed E-state index contributed by atoms with van der Waals surface area (Å²) in [4.78, 5) is 25.2. The standard InChI is InChI=1S/C27H28ClF3N2O3/c1-16(18-5-7-19(8-6-18)26(35)36-2)32-25(34)23-14-21(27(29,30)31)13-20-11-12-33(24(20)23)15-17-3-9-22(28)10-4-17/h3-4,9-14,16,18-19H,5-8,15H2,1-2H3,(H,32,34). The maximum atomic E-state index is 13.6. The average molecular weight is 521 g/mol. The number of methoxy groups -OCH3 is 1. The third-order valence-corrected chi connectivity index (χ3v) is 7.32. The highest BCUT2D eigenvalue weighted by atomic mass is 35.5. The Morgan fingerprint density at radius 3 is 2.39 bits per heavy atom. The number of hydrogen-bond donors (Lipinski definition) is 1. The summed E-state index contributed by atoms with van der Waals surface area (Å²) in [6, 6.07) is 10.5. The molecule has 1 aliphatic carbocycles. The highest BCUT2D eigenvalue weighted by molar-refractivity contribution is 6.30. The predicted molar refractivity (Wildman–Crippen MR) is 132 cm³/mol. The van der Waals surface area contributed by atoms with Gasteiger partial charge in [-0.15, -0.1) is 0 Å². The van der Waals surface area contributed by atoms with Crippen molar-refractivity contribution in [3.63, 3.8) is 0 Å². The molecule has 1 amide bonds. The second-order valence-corrected chi connectivity index (χ2v) is 9.86. The van der Waals surface area contributed by atoms with Crippen molar-refractivity contribution in [2.45, 2.75) is 51.4 Å². The summed E-state index contributed by atoms with van der Waals surface area (Å²) in [5.41, 5.74) is 0.459. The molecule has 0 aliphatic heterocycles. The molecule has 0 spiro atoms. The Bertz CT molecular complexity index is 1250. The van der Waals surface area contributed by atoms with E-state index in [9.17, 15) is 22.8 Å². The topological polar surface area (TPSA) is 60.3 Å². The molecule has 1 heterocycles. The van der Waals surface area contributed by atoms with Crippen LogP contribution in [0.2, 0.25) is 5.02 Å². The Kier molecular flexibility index (Phi) is 7.64. The molecule has 1 unspecified atom stereocenters. The highest BCUT2D eigenvalue weighted by Gasteiger charge is 2.34. The van der Waals surface area contributed by atoms with Crippen LogP contribution in [0.5, 0.6) is 0 Å². The summed E-state index contributed by atoms with van der Waals surface area (Å²) < 4.78 is 47.5. The summed E-state index contributed by atoms with van der Waals surface area (Å²) in [5.74, 6) is -0.798. The van der Waals surface area contributed by atoms with Crippen LogP contribution >= 0.6 is 11.6 Å². The van der Waals surface area contributed by atoms with Gasteiger partial charge < -0.3 is 14.6 Å². The van der Waals surface area contributed by atoms with Gasteiger partial charge in [0.2, 0.25) is 0 Å². The summed E-state index contributed by atoms with van der Waals surface area (Å²) in [5, 5.41) is 3.86. The number of alkyl halides is 3. The van der Waals surface area contributed by atoms with E-state index in [0.717, 1.165) is 30.5 Å². The molecule has 192 valence electrons. The summed E-state index contributed by atoms with van der Waals surface area (Å²) >= 11 is 5.97. The molecule has 1 aliphatic rings. The van der Waals surface area contributed by atoms with E-state index < -0.39 is 17.6 Å². The number of nitrogens with zero attached hydrogens (tertiary/aromatic N) is 1. The lowest BCUT2D eigenvalue weighted by Crippen LogP contribution is -2.40. The number of halogens is 4. The zero-order valence-corrected chi connectivity index (χ0v) is 20.8. The lowest BCUT2D eigenvalue weighted by molar-refractivity contribution is -0.147. The van der Waals surface area contributed by atoms with E-state index in [0.29, 0.717) is 35.3 Å². The zero-order valence-electron chi connectivity index (χ0n) is 20.1. The van der Waals surface area contributed by atoms with E-state index in [2.05, 4.69) is 5.32 Å². The number of hydrogen-bond acceptors (Lipinski definition) is 3. The number of carbonyl (C=O) groups is 2. The zero-order chi connectivity index (χ0) is 26.0. The van der Waals surface area contributed by atoms with E-state index in [1.807, 2.05) is 19.1 Å². The minimum atomic E-state index is -4.58. The number of carbonyl (C=O) groups excluding carboxylic acids is 2. The van der Waals surface area contributed by atoms with Crippen LogP contribution in [0.25, 0.3) is 10.9 Å². The van der Waals surface area contributed by atoms with E-state index in [-0.39, 0.29) is 29.4 Å². The number of rotatable bonds is 6. The van der Waals surface area contributed by atoms with Crippen LogP contribution in [0.15, 0.2) is 48.7 Å². The molecule has 9 heteroatoms. The van der Waals surface area contributed by atoms with Crippen LogP contribution in [0, 0.1) is 11.8 Å². The molecule has 3 aromatic rings. The maximum Gasteiger partial charge on any atom is 0.416 e. The SMILES string of the molecule is COC(=O)C1CCC(C(C)NC(=O)c2cc(C(F)(F)F)cc3ccn(Cc4ccc(Cl)cc4)c23)CC1. The number of nitrogens with one attached hydrogen (secondary N) is 1. The first-order chi connectivity index (χ1) is 17.1. The Hall–Kier alpha value is -3.00. The Morgan fingerprint density at radius 2 is 1.78 bits per heavy atom. The van der Waals surface area contributed by atoms with E-state index in [1.165, 1.54) is 7.11 Å². The fourth-order valence-electron chi connectivity index (χ4n) is 5.03. The molecule has 36 heavy (non-hydrogen) atoms. The second-order valence-electron chi connectivity index (χ2n) is 9.43. The van der Waals surface area contributed by atoms with Gasteiger partial charge in [0.25, 0.3) is 5.91 Å². The van der Waals surface area contributed by atoms with Crippen molar-refractivity contribution in [1.29, 1.82) is 0 Å². The predicted octanol–water partition coefficient (Wildman–Crippen LogP) is 6.46. The van der Waals surface area contributed by atoms with Crippen LogP contribution in [-0.4, -0.2) is 29.6 Å². The van der Waals surface area contributed by atoms with Gasteiger partial charge in [-0.1, -0.05) is 23.7 Å². The van der Waals surface area contributed by atoms with Crippen molar-refractivity contribution in [2.24, 2.45) is 11.8 Å². The van der Waals surface area contributed by atoms with Gasteiger partial charge in [0.1, 0.15) is 0 Å². The minimum absolute atomic E-state index is 0.0196. The van der Waals surface area contributed by atoms with Gasteiger partial charge in [-0.2, -0.15) is 13.2 Å². The Labute approximate surface area is 212 Å². The number of amides is 1. The molecule has 1 atom stereocenters. The van der Waals surface area contributed by atoms with E-state index in [1.54, 1.807) is 29.0 Å². The van der Waals surface area contributed by atoms with Crippen molar-refractivity contribution >= 4 is 34.4 Å². The van der Waals surface area contributed by atoms with Crippen molar-refractivity contribution in [2.75, 3.05) is 7.11 Å². The molecule has 2 aromatic carbocycles. The van der Waals surface area contributed by atoms with E-state index in [4.69, 9.17) is 16.3 Å². The smallest absolute Gasteiger partial charge is 0.416 e. The summed E-state index contributed by atoms with van der Waals surface area (Å²) in [6.07, 6.45) is -0.115. The van der Waals surface area contributed by atoms with Gasteiger partial charge in [-0.05, 0) is 74.4 Å². The molecule has 5 nitrogen and oxygen atoms in total. The van der Waals surface area contributed by atoms with Crippen LogP contribution in [0.1, 0.15) is 54.1 Å². The largest absolute Gasteiger partial charge is 0.469 e. The van der Waals surface area contributed by atoms with Crippen molar-refractivity contribution in [3.8, 4) is 0 Å². The van der Waals surface area contributed by atoms with Gasteiger partial charge in [-0.25, -0.2) is 0 Å². The molecule has 0 saturated heterocycles. The number of ether oxygens (including phenoxy) is 1. The first-order valence-corrected chi connectivity index (χ1v) is 12.3. The molecule has 1 fully saturated rings. The van der Waals surface area contributed by atoms with Crippen molar-refractivity contribution in [1.82, 2.24) is 9.88 Å². The second kappa shape index (κ2) is 10.5. The van der Waals surface area contributed by atoms with Gasteiger partial charge in [0, 0.05) is 29.2 Å². The normalized spacial score (nSPS) is 19.2. The van der Waals surface area contributed by atoms with E-state index >= 15 is 0 Å². The molecule has 1 N–H and O–H groups in total. The molecule has 0 radical (unpaired) electrons. The summed E-state index contributed by atoms with van der Waals surface area (Å²) in [6.45, 7) is 2.23. The minimum Gasteiger partial charge on any atom is -0.469 e. The first kappa shape index (κ1) is 26.1. The number of esters is 1. The molecule has 0 bridgehead atoms. The van der Waals surface area contributed by atoms with Crippen LogP contribution in [-0.2, 0) is 22.3 Å². The fourth-order valence-corrected chi connectivity index (χ4v) is 5.15. The maximum absolute atomic E-state index is 13.6. The molecular formula is C27H28ClF3N2O3. The molecule has 1 saturated carbocycles. The molecular weight excluding hydrogens is 493 g/mol. The quantitative estimate of drug-likeness (QED) is 0.379. The van der Waals surface area contributed by atoms with Crippen LogP contribution in [0.4, 0.5) is 13.2 Å².